The van der Waals surface area contributed by atoms with Gasteiger partial charge in [0.15, 0.2) is 18.3 Å². The van der Waals surface area contributed by atoms with Crippen LogP contribution in [0.25, 0.3) is 0 Å². The molecule has 1 aromatic heterocycles. The molecule has 0 spiro atoms. The van der Waals surface area contributed by atoms with Gasteiger partial charge in [-0.2, -0.15) is 0 Å². The van der Waals surface area contributed by atoms with E-state index in [4.69, 9.17) is 4.42 Å². The van der Waals surface area contributed by atoms with E-state index in [1.165, 1.54) is 0 Å². The van der Waals surface area contributed by atoms with Crippen LogP contribution in [0.15, 0.2) is 81.9 Å². The molecule has 3 rings (SSSR count). The van der Waals surface area contributed by atoms with Crippen molar-refractivity contribution in [1.82, 2.24) is 5.32 Å². The van der Waals surface area contributed by atoms with E-state index in [0.29, 0.717) is 6.54 Å². The van der Waals surface area contributed by atoms with Crippen LogP contribution in [0.3, 0.4) is 0 Å². The molecule has 3 N–H and O–H groups in total. The number of amides is 1. The molecule has 134 valence electrons. The van der Waals surface area contributed by atoms with Crippen molar-refractivity contribution in [3.8, 4) is 0 Å². The number of nitrogens with two attached hydrogens (primary N) is 1. The largest absolute Gasteiger partial charge is 0.463 e. The molecule has 0 fully saturated rings. The fourth-order valence-corrected chi connectivity index (χ4v) is 3.60. The van der Waals surface area contributed by atoms with Gasteiger partial charge in [-0.15, -0.1) is 0 Å². The van der Waals surface area contributed by atoms with Gasteiger partial charge in [0.05, 0.1) is 12.3 Å². The Bertz CT molecular complexity index is 834. The van der Waals surface area contributed by atoms with E-state index in [2.05, 4.69) is 21.2 Å². The molecule has 0 bridgehead atoms. The average molecular weight is 414 g/mol. The molecule has 3 aromatic rings. The Morgan fingerprint density at radius 2 is 1.81 bits per heavy atom. The zero-order valence-corrected chi connectivity index (χ0v) is 16.1. The third-order valence-electron chi connectivity index (χ3n) is 4.30. The van der Waals surface area contributed by atoms with Crippen LogP contribution in [-0.2, 0) is 4.79 Å². The fraction of sp³-hybridized carbons (Fsp3) is 0.190. The number of hydrogen-bond donors (Lipinski definition) is 2. The van der Waals surface area contributed by atoms with Crippen LogP contribution in [0.1, 0.15) is 35.9 Å². The molecule has 0 saturated heterocycles. The normalized spacial score (nSPS) is 13.2. The predicted molar refractivity (Wildman–Crippen MR) is 104 cm³/mol. The lowest BCUT2D eigenvalue weighted by molar-refractivity contribution is -0.678. The second-order valence-electron chi connectivity index (χ2n) is 6.15. The first-order valence-electron chi connectivity index (χ1n) is 8.60. The first kappa shape index (κ1) is 18.4. The average Bonchev–Trinajstić information content (AvgIpc) is 3.17. The summed E-state index contributed by atoms with van der Waals surface area (Å²) in [5.74, 6) is 0.823. The highest BCUT2D eigenvalue weighted by molar-refractivity contribution is 9.10. The highest BCUT2D eigenvalue weighted by Gasteiger charge is 2.22. The summed E-state index contributed by atoms with van der Waals surface area (Å²) in [5, 5.41) is 5.05. The summed E-state index contributed by atoms with van der Waals surface area (Å²) >= 11 is 3.53. The minimum absolute atomic E-state index is 0.0132. The van der Waals surface area contributed by atoms with Crippen molar-refractivity contribution in [2.45, 2.75) is 19.0 Å². The zero-order chi connectivity index (χ0) is 18.4. The lowest BCUT2D eigenvalue weighted by Gasteiger charge is -2.17. The Morgan fingerprint density at radius 1 is 1.08 bits per heavy atom. The van der Waals surface area contributed by atoms with Crippen LogP contribution in [0.4, 0.5) is 0 Å². The second kappa shape index (κ2) is 8.83. The maximum atomic E-state index is 12.5. The van der Waals surface area contributed by atoms with E-state index in [1.807, 2.05) is 79.0 Å². The number of halogens is 1. The van der Waals surface area contributed by atoms with Gasteiger partial charge in [0.2, 0.25) is 0 Å². The monoisotopic (exact) mass is 413 g/mol. The summed E-state index contributed by atoms with van der Waals surface area (Å²) < 4.78 is 6.57. The van der Waals surface area contributed by atoms with Gasteiger partial charge >= 0.3 is 0 Å². The highest BCUT2D eigenvalue weighted by atomic mass is 79.9. The van der Waals surface area contributed by atoms with Crippen molar-refractivity contribution >= 4 is 21.8 Å². The van der Waals surface area contributed by atoms with Crippen molar-refractivity contribution in [1.29, 1.82) is 0 Å². The van der Waals surface area contributed by atoms with Crippen molar-refractivity contribution < 1.29 is 14.5 Å². The Morgan fingerprint density at radius 3 is 2.50 bits per heavy atom. The van der Waals surface area contributed by atoms with E-state index in [9.17, 15) is 4.79 Å². The minimum atomic E-state index is -0.0646. The topological polar surface area (TPSA) is 58.9 Å². The molecule has 0 aliphatic carbocycles. The summed E-state index contributed by atoms with van der Waals surface area (Å²) in [5.41, 5.74) is 2.17. The van der Waals surface area contributed by atoms with Gasteiger partial charge in [0, 0.05) is 10.0 Å². The van der Waals surface area contributed by atoms with Crippen LogP contribution in [0.5, 0.6) is 0 Å². The molecule has 4 nitrogen and oxygen atoms in total. The van der Waals surface area contributed by atoms with Crippen molar-refractivity contribution in [3.63, 3.8) is 0 Å². The third kappa shape index (κ3) is 4.62. The Hall–Kier alpha value is -2.37. The number of rotatable bonds is 7. The van der Waals surface area contributed by atoms with E-state index in [-0.39, 0.29) is 18.0 Å². The lowest BCUT2D eigenvalue weighted by Crippen LogP contribution is -2.87. The maximum Gasteiger partial charge on any atom is 0.275 e. The van der Waals surface area contributed by atoms with Gasteiger partial charge in [-0.3, -0.25) is 4.79 Å². The number of furan rings is 1. The standard InChI is InChI=1S/C21H21BrN2O2/c1-15(17-10-5-6-11-18(17)22)24-20(25)14-23-21(19-12-7-13-26-19)16-8-3-2-4-9-16/h2-13,15,21,23H,14H2,1H3,(H,24,25)/p+1/t15-,21+/m1/s1. The van der Waals surface area contributed by atoms with Gasteiger partial charge < -0.3 is 15.1 Å². The molecule has 2 atom stereocenters. The van der Waals surface area contributed by atoms with E-state index >= 15 is 0 Å². The minimum Gasteiger partial charge on any atom is -0.463 e. The number of hydrogen-bond acceptors (Lipinski definition) is 2. The summed E-state index contributed by atoms with van der Waals surface area (Å²) in [6.07, 6.45) is 1.66. The maximum absolute atomic E-state index is 12.5. The molecule has 1 amide bonds. The van der Waals surface area contributed by atoms with Crippen molar-refractivity contribution in [2.75, 3.05) is 6.54 Å². The number of benzene rings is 2. The molecule has 2 aromatic carbocycles. The number of carbonyl (C=O) groups excluding carboxylic acids is 1. The molecule has 1 heterocycles. The van der Waals surface area contributed by atoms with Crippen LogP contribution in [0, 0.1) is 0 Å². The highest BCUT2D eigenvalue weighted by Crippen LogP contribution is 2.22. The molecular weight excluding hydrogens is 392 g/mol. The van der Waals surface area contributed by atoms with Gasteiger partial charge in [-0.1, -0.05) is 64.5 Å². The summed E-state index contributed by atoms with van der Waals surface area (Å²) in [6.45, 7) is 2.30. The zero-order valence-electron chi connectivity index (χ0n) is 14.6. The first-order chi connectivity index (χ1) is 12.6. The number of carbonyl (C=O) groups is 1. The van der Waals surface area contributed by atoms with Gasteiger partial charge in [-0.25, -0.2) is 0 Å². The molecular formula is C21H22BrN2O2+. The molecule has 5 heteroatoms. The first-order valence-corrected chi connectivity index (χ1v) is 9.40. The van der Waals surface area contributed by atoms with E-state index in [0.717, 1.165) is 21.4 Å². The van der Waals surface area contributed by atoms with Gasteiger partial charge in [0.25, 0.3) is 5.91 Å². The van der Waals surface area contributed by atoms with Gasteiger partial charge in [-0.05, 0) is 30.7 Å². The quantitative estimate of drug-likeness (QED) is 0.621. The third-order valence-corrected chi connectivity index (χ3v) is 5.02. The lowest BCUT2D eigenvalue weighted by atomic mass is 10.0. The molecule has 0 saturated carbocycles. The molecule has 26 heavy (non-hydrogen) atoms. The predicted octanol–water partition coefficient (Wildman–Crippen LogP) is 3.57. The van der Waals surface area contributed by atoms with Crippen molar-refractivity contribution in [3.05, 3.63) is 94.4 Å². The number of nitrogens with one attached hydrogen (secondary N) is 1. The smallest absolute Gasteiger partial charge is 0.275 e. The molecule has 0 aliphatic heterocycles. The molecule has 0 unspecified atom stereocenters. The molecule has 0 aliphatic rings. The molecule has 0 radical (unpaired) electrons. The van der Waals surface area contributed by atoms with E-state index in [1.54, 1.807) is 6.26 Å². The van der Waals surface area contributed by atoms with Crippen LogP contribution in [0.2, 0.25) is 0 Å². The Labute approximate surface area is 161 Å². The van der Waals surface area contributed by atoms with Crippen molar-refractivity contribution in [2.24, 2.45) is 0 Å². The Balaban J connectivity index is 1.64. The van der Waals surface area contributed by atoms with Gasteiger partial charge in [0.1, 0.15) is 0 Å². The van der Waals surface area contributed by atoms with Crippen LogP contribution in [-0.4, -0.2) is 12.5 Å². The summed E-state index contributed by atoms with van der Waals surface area (Å²) in [7, 11) is 0. The Kier molecular flexibility index (Phi) is 6.26. The summed E-state index contributed by atoms with van der Waals surface area (Å²) in [4.78, 5) is 12.5. The second-order valence-corrected chi connectivity index (χ2v) is 7.01. The number of quaternary nitrogens is 1. The summed E-state index contributed by atoms with van der Waals surface area (Å²) in [6, 6.07) is 21.7. The fourth-order valence-electron chi connectivity index (χ4n) is 2.97. The van der Waals surface area contributed by atoms with Crippen LogP contribution >= 0.6 is 15.9 Å². The SMILES string of the molecule is C[C@@H](NC(=O)C[NH2+][C@@H](c1ccccc1)c1ccco1)c1ccccc1Br. The van der Waals surface area contributed by atoms with Crippen LogP contribution < -0.4 is 10.6 Å². The van der Waals surface area contributed by atoms with E-state index < -0.39 is 0 Å².